The number of anilines is 2. The number of aromatic amines is 1. The largest absolute Gasteiger partial charge is 0.497 e. The number of ether oxygens (including phenoxy) is 1. The second-order valence-corrected chi connectivity index (χ2v) is 11.2. The first-order chi connectivity index (χ1) is 20.6. The molecule has 5 aromatic rings. The third kappa shape index (κ3) is 6.23. The number of carbonyl (C=O) groups is 2. The molecule has 3 amide bonds. The normalized spacial score (nSPS) is 14.3. The van der Waals surface area contributed by atoms with Crippen LogP contribution in [0.4, 0.5) is 15.9 Å². The lowest BCUT2D eigenvalue weighted by Gasteiger charge is -2.24. The molecule has 214 valence electrons. The number of carbonyl (C=O) groups excluding carboxylic acids is 2. The van der Waals surface area contributed by atoms with Crippen LogP contribution in [0.1, 0.15) is 71.1 Å². The highest BCUT2D eigenvalue weighted by Crippen LogP contribution is 2.34. The monoisotopic (exact) mass is 582 g/mol. The smallest absolute Gasteiger partial charge is 0.321 e. The Hall–Kier alpha value is -4.84. The number of amides is 3. The van der Waals surface area contributed by atoms with Gasteiger partial charge in [-0.1, -0.05) is 72.1 Å². The second-order valence-electron chi connectivity index (χ2n) is 10.2. The average molecular weight is 583 g/mol. The first-order valence-electron chi connectivity index (χ1n) is 13.8. The minimum Gasteiger partial charge on any atom is -0.497 e. The van der Waals surface area contributed by atoms with Gasteiger partial charge in [-0.3, -0.25) is 15.4 Å². The zero-order valence-electron chi connectivity index (χ0n) is 23.0. The van der Waals surface area contributed by atoms with Crippen LogP contribution >= 0.6 is 11.3 Å². The molecule has 1 unspecified atom stereocenters. The number of thiazole rings is 1. The van der Waals surface area contributed by atoms with Crippen LogP contribution in [0.3, 0.4) is 0 Å². The van der Waals surface area contributed by atoms with E-state index in [1.165, 1.54) is 49.0 Å². The standard InChI is InChI=1S/C30H30N8O3S/c1-41-23-15-16-24-25(17-23)42-30(31-24)34-29(40)32-26(20-9-7-19(8-10-20)18-5-3-2-4-6-18)21-11-13-22(14-12-21)27(39)33-28-35-37-38-36-28/h7-18,26H,2-6H2,1H3,(H2,31,32,34,40)(H2,33,35,36,37,38,39). The average Bonchev–Trinajstić information content (AvgIpc) is 3.69. The van der Waals surface area contributed by atoms with E-state index in [0.29, 0.717) is 16.6 Å². The molecule has 1 aliphatic carbocycles. The fraction of sp³-hybridized carbons (Fsp3) is 0.267. The number of nitrogens with one attached hydrogen (secondary N) is 4. The maximum Gasteiger partial charge on any atom is 0.321 e. The summed E-state index contributed by atoms with van der Waals surface area (Å²) in [5.74, 6) is 1.03. The highest BCUT2D eigenvalue weighted by Gasteiger charge is 2.21. The lowest BCUT2D eigenvalue weighted by atomic mass is 9.83. The van der Waals surface area contributed by atoms with Crippen LogP contribution in [0.25, 0.3) is 10.2 Å². The van der Waals surface area contributed by atoms with Crippen molar-refractivity contribution in [2.45, 2.75) is 44.1 Å². The first kappa shape index (κ1) is 27.3. The number of methoxy groups -OCH3 is 1. The van der Waals surface area contributed by atoms with Crippen molar-refractivity contribution in [3.05, 3.63) is 89.0 Å². The topological polar surface area (TPSA) is 147 Å². The minimum atomic E-state index is -0.464. The van der Waals surface area contributed by atoms with Crippen molar-refractivity contribution in [2.24, 2.45) is 0 Å². The van der Waals surface area contributed by atoms with Gasteiger partial charge < -0.3 is 10.1 Å². The lowest BCUT2D eigenvalue weighted by Crippen LogP contribution is -2.33. The Bertz CT molecular complexity index is 1660. The first-order valence-corrected chi connectivity index (χ1v) is 14.6. The maximum atomic E-state index is 13.3. The summed E-state index contributed by atoms with van der Waals surface area (Å²) >= 11 is 1.37. The van der Waals surface area contributed by atoms with Crippen LogP contribution < -0.4 is 20.7 Å². The van der Waals surface area contributed by atoms with Crippen LogP contribution in [0.5, 0.6) is 5.75 Å². The molecule has 1 atom stereocenters. The summed E-state index contributed by atoms with van der Waals surface area (Å²) in [5.41, 5.74) is 4.29. The summed E-state index contributed by atoms with van der Waals surface area (Å²) in [7, 11) is 1.61. The zero-order valence-corrected chi connectivity index (χ0v) is 23.8. The molecular weight excluding hydrogens is 552 g/mol. The molecule has 42 heavy (non-hydrogen) atoms. The van der Waals surface area contributed by atoms with Crippen molar-refractivity contribution in [2.75, 3.05) is 17.7 Å². The molecule has 1 aliphatic rings. The van der Waals surface area contributed by atoms with Gasteiger partial charge in [-0.15, -0.1) is 5.10 Å². The third-order valence-electron chi connectivity index (χ3n) is 7.51. The molecule has 12 heteroatoms. The predicted molar refractivity (Wildman–Crippen MR) is 161 cm³/mol. The molecule has 0 spiro atoms. The van der Waals surface area contributed by atoms with E-state index >= 15 is 0 Å². The van der Waals surface area contributed by atoms with Crippen LogP contribution in [0.2, 0.25) is 0 Å². The Kier molecular flexibility index (Phi) is 8.04. The van der Waals surface area contributed by atoms with Gasteiger partial charge in [0.05, 0.1) is 23.4 Å². The van der Waals surface area contributed by atoms with Gasteiger partial charge in [0.2, 0.25) is 0 Å². The highest BCUT2D eigenvalue weighted by molar-refractivity contribution is 7.22. The van der Waals surface area contributed by atoms with E-state index in [9.17, 15) is 9.59 Å². The van der Waals surface area contributed by atoms with E-state index < -0.39 is 6.04 Å². The number of hydrogen-bond acceptors (Lipinski definition) is 8. The molecule has 4 N–H and O–H groups in total. The summed E-state index contributed by atoms with van der Waals surface area (Å²) < 4.78 is 6.21. The van der Waals surface area contributed by atoms with Gasteiger partial charge in [-0.25, -0.2) is 9.78 Å². The number of benzene rings is 3. The molecule has 0 radical (unpaired) electrons. The quantitative estimate of drug-likeness (QED) is 0.175. The number of aromatic nitrogens is 5. The summed E-state index contributed by atoms with van der Waals surface area (Å²) in [4.78, 5) is 30.4. The van der Waals surface area contributed by atoms with E-state index in [2.05, 4.69) is 65.8 Å². The van der Waals surface area contributed by atoms with Crippen molar-refractivity contribution in [3.63, 3.8) is 0 Å². The zero-order chi connectivity index (χ0) is 28.9. The van der Waals surface area contributed by atoms with Gasteiger partial charge in [-0.05, 0) is 71.0 Å². The number of tetrazole rings is 1. The van der Waals surface area contributed by atoms with Crippen molar-refractivity contribution >= 4 is 44.6 Å². The Balaban J connectivity index is 1.23. The molecular formula is C30H30N8O3S. The van der Waals surface area contributed by atoms with E-state index in [-0.39, 0.29) is 17.9 Å². The van der Waals surface area contributed by atoms with Crippen LogP contribution in [0, 0.1) is 0 Å². The molecule has 11 nitrogen and oxygen atoms in total. The number of fused-ring (bicyclic) bond motifs is 1. The van der Waals surface area contributed by atoms with Crippen molar-refractivity contribution < 1.29 is 14.3 Å². The van der Waals surface area contributed by atoms with E-state index in [4.69, 9.17) is 4.74 Å². The molecule has 6 rings (SSSR count). The van der Waals surface area contributed by atoms with E-state index in [1.54, 1.807) is 19.2 Å². The lowest BCUT2D eigenvalue weighted by molar-refractivity contribution is 0.102. The SMILES string of the molecule is COc1ccc2nc(NC(=O)NC(c3ccc(C(=O)Nc4nn[nH]n4)cc3)c3ccc(C4CCCCC4)cc3)sc2c1. The number of hydrogen-bond donors (Lipinski definition) is 4. The maximum absolute atomic E-state index is 13.3. The summed E-state index contributed by atoms with van der Waals surface area (Å²) in [6.07, 6.45) is 6.26. The molecule has 0 saturated heterocycles. The van der Waals surface area contributed by atoms with Crippen LogP contribution in [-0.4, -0.2) is 44.7 Å². The van der Waals surface area contributed by atoms with Gasteiger partial charge in [0.25, 0.3) is 11.9 Å². The fourth-order valence-electron chi connectivity index (χ4n) is 5.32. The Labute approximate surface area is 246 Å². The van der Waals surface area contributed by atoms with E-state index in [1.807, 2.05) is 30.3 Å². The Morgan fingerprint density at radius 2 is 1.69 bits per heavy atom. The molecule has 2 heterocycles. The Morgan fingerprint density at radius 3 is 2.38 bits per heavy atom. The van der Waals surface area contributed by atoms with Crippen molar-refractivity contribution in [3.8, 4) is 5.75 Å². The van der Waals surface area contributed by atoms with Crippen LogP contribution in [-0.2, 0) is 0 Å². The molecule has 0 aliphatic heterocycles. The molecule has 2 aromatic heterocycles. The second kappa shape index (κ2) is 12.4. The van der Waals surface area contributed by atoms with Gasteiger partial charge >= 0.3 is 6.03 Å². The van der Waals surface area contributed by atoms with Gasteiger partial charge in [-0.2, -0.15) is 5.21 Å². The molecule has 1 fully saturated rings. The van der Waals surface area contributed by atoms with Crippen molar-refractivity contribution in [1.29, 1.82) is 0 Å². The molecule has 0 bridgehead atoms. The number of urea groups is 1. The molecule has 1 saturated carbocycles. The van der Waals surface area contributed by atoms with Gasteiger partial charge in [0.1, 0.15) is 5.75 Å². The third-order valence-corrected chi connectivity index (χ3v) is 8.45. The summed E-state index contributed by atoms with van der Waals surface area (Å²) in [5, 5.41) is 22.3. The van der Waals surface area contributed by atoms with Crippen LogP contribution in [0.15, 0.2) is 66.7 Å². The number of nitrogens with zero attached hydrogens (tertiary/aromatic N) is 4. The van der Waals surface area contributed by atoms with Gasteiger partial charge in [0.15, 0.2) is 5.13 Å². The summed E-state index contributed by atoms with van der Waals surface area (Å²) in [6, 6.07) is 20.3. The highest BCUT2D eigenvalue weighted by atomic mass is 32.1. The van der Waals surface area contributed by atoms with Gasteiger partial charge in [0, 0.05) is 5.56 Å². The Morgan fingerprint density at radius 1 is 0.952 bits per heavy atom. The predicted octanol–water partition coefficient (Wildman–Crippen LogP) is 6.03. The number of rotatable bonds is 8. The van der Waals surface area contributed by atoms with Crippen molar-refractivity contribution in [1.82, 2.24) is 30.9 Å². The molecule has 3 aromatic carbocycles. The minimum absolute atomic E-state index is 0.0895. The van der Waals surface area contributed by atoms with E-state index in [0.717, 1.165) is 27.1 Å². The summed E-state index contributed by atoms with van der Waals surface area (Å²) in [6.45, 7) is 0. The number of H-pyrrole nitrogens is 1. The fourth-order valence-corrected chi connectivity index (χ4v) is 6.21.